The highest BCUT2D eigenvalue weighted by molar-refractivity contribution is 7.91. The maximum absolute atomic E-state index is 12.6. The number of nitrogens with one attached hydrogen (secondary N) is 1. The van der Waals surface area contributed by atoms with Gasteiger partial charge in [-0.05, 0) is 32.9 Å². The maximum atomic E-state index is 12.6. The Balaban J connectivity index is 3.26. The van der Waals surface area contributed by atoms with Gasteiger partial charge < -0.3 is 5.32 Å². The number of alkyl halides is 3. The number of hydrogen-bond acceptors (Lipinski definition) is 3. The summed E-state index contributed by atoms with van der Waals surface area (Å²) in [5.41, 5.74) is -0.518. The number of halogens is 3. The molecule has 3 nitrogen and oxygen atoms in total. The molecule has 1 rings (SSSR count). The second-order valence-electron chi connectivity index (χ2n) is 4.76. The number of sulfone groups is 1. The van der Waals surface area contributed by atoms with Gasteiger partial charge in [0, 0.05) is 5.54 Å². The Bertz CT molecular complexity index is 544. The smallest absolute Gasteiger partial charge is 0.341 e. The first kappa shape index (κ1) is 16.2. The van der Waals surface area contributed by atoms with Crippen molar-refractivity contribution >= 4 is 27.1 Å². The number of para-hydroxylation sites is 1. The van der Waals surface area contributed by atoms with Crippen LogP contribution in [0.4, 0.5) is 14.5 Å². The monoisotopic (exact) mass is 311 g/mol. The summed E-state index contributed by atoms with van der Waals surface area (Å²) >= 11 is 5.99. The minimum atomic E-state index is -4.64. The summed E-state index contributed by atoms with van der Waals surface area (Å²) in [7, 11) is -4.64. The fourth-order valence-corrected chi connectivity index (χ4v) is 2.30. The van der Waals surface area contributed by atoms with E-state index in [0.717, 1.165) is 6.07 Å². The summed E-state index contributed by atoms with van der Waals surface area (Å²) in [6, 6.07) is 5.56. The fourth-order valence-electron chi connectivity index (χ4n) is 1.36. The first-order valence-electron chi connectivity index (χ1n) is 5.62. The molecule has 7 heteroatoms. The van der Waals surface area contributed by atoms with Crippen molar-refractivity contribution in [1.29, 1.82) is 0 Å². The van der Waals surface area contributed by atoms with E-state index in [2.05, 4.69) is 5.32 Å². The molecule has 1 unspecified atom stereocenters. The van der Waals surface area contributed by atoms with Crippen molar-refractivity contribution in [3.05, 3.63) is 24.3 Å². The molecule has 1 aromatic carbocycles. The lowest BCUT2D eigenvalue weighted by Crippen LogP contribution is -2.39. The van der Waals surface area contributed by atoms with Gasteiger partial charge in [-0.3, -0.25) is 0 Å². The maximum Gasteiger partial charge on any atom is 0.341 e. The normalized spacial score (nSPS) is 14.5. The van der Waals surface area contributed by atoms with Crippen molar-refractivity contribution < 1.29 is 17.2 Å². The third kappa shape index (κ3) is 3.57. The third-order valence-corrected chi connectivity index (χ3v) is 4.86. The van der Waals surface area contributed by atoms with Crippen LogP contribution in [-0.4, -0.2) is 25.1 Å². The molecule has 0 saturated heterocycles. The SMILES string of the molecule is CC(Cl)C(C)(C)Nc1ccccc1S(=O)(=O)C(F)F. The molecular weight excluding hydrogens is 296 g/mol. The number of hydrogen-bond donors (Lipinski definition) is 1. The summed E-state index contributed by atoms with van der Waals surface area (Å²) in [5, 5.41) is 2.58. The number of rotatable bonds is 5. The molecule has 0 saturated carbocycles. The van der Waals surface area contributed by atoms with Crippen molar-refractivity contribution in [2.24, 2.45) is 0 Å². The summed E-state index contributed by atoms with van der Waals surface area (Å²) in [6.07, 6.45) is 0. The second-order valence-corrected chi connectivity index (χ2v) is 7.31. The Morgan fingerprint density at radius 3 is 2.26 bits per heavy atom. The van der Waals surface area contributed by atoms with E-state index in [9.17, 15) is 17.2 Å². The molecule has 0 radical (unpaired) electrons. The fraction of sp³-hybridized carbons (Fsp3) is 0.500. The Morgan fingerprint density at radius 1 is 1.26 bits per heavy atom. The zero-order chi connectivity index (χ0) is 14.8. The highest BCUT2D eigenvalue weighted by atomic mass is 35.5. The van der Waals surface area contributed by atoms with E-state index >= 15 is 0 Å². The van der Waals surface area contributed by atoms with Gasteiger partial charge in [-0.1, -0.05) is 12.1 Å². The predicted molar refractivity (Wildman–Crippen MR) is 72.6 cm³/mol. The van der Waals surface area contributed by atoms with Gasteiger partial charge in [0.2, 0.25) is 9.84 Å². The van der Waals surface area contributed by atoms with Gasteiger partial charge in [-0.2, -0.15) is 8.78 Å². The minimum Gasteiger partial charge on any atom is -0.378 e. The quantitative estimate of drug-likeness (QED) is 0.847. The molecule has 0 spiro atoms. The molecule has 1 aromatic rings. The van der Waals surface area contributed by atoms with Crippen molar-refractivity contribution in [3.8, 4) is 0 Å². The van der Waals surface area contributed by atoms with Crippen molar-refractivity contribution in [2.75, 3.05) is 5.32 Å². The highest BCUT2D eigenvalue weighted by Crippen LogP contribution is 2.30. The number of anilines is 1. The van der Waals surface area contributed by atoms with E-state index in [0.29, 0.717) is 0 Å². The Hall–Kier alpha value is -0.880. The van der Waals surface area contributed by atoms with Gasteiger partial charge in [0.05, 0.1) is 16.0 Å². The average molecular weight is 312 g/mol. The lowest BCUT2D eigenvalue weighted by atomic mass is 10.0. The van der Waals surface area contributed by atoms with Gasteiger partial charge in [0.15, 0.2) is 0 Å². The topological polar surface area (TPSA) is 46.2 Å². The first-order chi connectivity index (χ1) is 8.59. The van der Waals surface area contributed by atoms with E-state index in [1.165, 1.54) is 12.1 Å². The molecule has 0 heterocycles. The van der Waals surface area contributed by atoms with Crippen LogP contribution in [0.25, 0.3) is 0 Å². The molecule has 108 valence electrons. The molecule has 1 N–H and O–H groups in total. The van der Waals surface area contributed by atoms with Crippen LogP contribution >= 0.6 is 11.6 Å². The second kappa shape index (κ2) is 5.63. The van der Waals surface area contributed by atoms with Crippen molar-refractivity contribution in [2.45, 2.75) is 42.3 Å². The van der Waals surface area contributed by atoms with Gasteiger partial charge in [0.25, 0.3) is 0 Å². The van der Waals surface area contributed by atoms with Crippen molar-refractivity contribution in [3.63, 3.8) is 0 Å². The molecular formula is C12H16ClF2NO2S. The standard InChI is InChI=1S/C12H16ClF2NO2S/c1-8(13)12(2,3)16-9-6-4-5-7-10(9)19(17,18)11(14)15/h4-8,11,16H,1-3H3. The third-order valence-electron chi connectivity index (χ3n) is 2.88. The zero-order valence-corrected chi connectivity index (χ0v) is 12.4. The Morgan fingerprint density at radius 2 is 1.79 bits per heavy atom. The van der Waals surface area contributed by atoms with Gasteiger partial charge in [0.1, 0.15) is 0 Å². The van der Waals surface area contributed by atoms with Crippen LogP contribution in [0.3, 0.4) is 0 Å². The Labute approximate surface area is 116 Å². The molecule has 0 fully saturated rings. The van der Waals surface area contributed by atoms with Gasteiger partial charge >= 0.3 is 5.76 Å². The first-order valence-corrected chi connectivity index (χ1v) is 7.60. The summed E-state index contributed by atoms with van der Waals surface area (Å²) in [5.74, 6) is -3.45. The molecule has 1 atom stereocenters. The van der Waals surface area contributed by atoms with Crippen LogP contribution in [0.1, 0.15) is 20.8 Å². The van der Waals surface area contributed by atoms with E-state index < -0.39 is 26.0 Å². The molecule has 0 bridgehead atoms. The van der Waals surface area contributed by atoms with Gasteiger partial charge in [-0.15, -0.1) is 11.6 Å². The molecule has 19 heavy (non-hydrogen) atoms. The van der Waals surface area contributed by atoms with E-state index in [1.54, 1.807) is 26.8 Å². The van der Waals surface area contributed by atoms with Crippen molar-refractivity contribution in [1.82, 2.24) is 0 Å². The van der Waals surface area contributed by atoms with Crippen LogP contribution in [0.15, 0.2) is 29.2 Å². The van der Waals surface area contributed by atoms with Crippen LogP contribution in [-0.2, 0) is 9.84 Å². The minimum absolute atomic E-state index is 0.125. The molecule has 0 aliphatic carbocycles. The highest BCUT2D eigenvalue weighted by Gasteiger charge is 2.31. The lowest BCUT2D eigenvalue weighted by molar-refractivity contribution is 0.235. The molecule has 0 aliphatic rings. The summed E-state index contributed by atoms with van der Waals surface area (Å²) < 4.78 is 48.4. The molecule has 0 amide bonds. The average Bonchev–Trinajstić information content (AvgIpc) is 2.28. The van der Waals surface area contributed by atoms with E-state index in [4.69, 9.17) is 11.6 Å². The largest absolute Gasteiger partial charge is 0.378 e. The molecule has 0 aromatic heterocycles. The van der Waals surface area contributed by atoms with Crippen LogP contribution in [0.2, 0.25) is 0 Å². The van der Waals surface area contributed by atoms with E-state index in [-0.39, 0.29) is 11.1 Å². The van der Waals surface area contributed by atoms with Crippen LogP contribution < -0.4 is 5.32 Å². The van der Waals surface area contributed by atoms with Crippen LogP contribution in [0.5, 0.6) is 0 Å². The predicted octanol–water partition coefficient (Wildman–Crippen LogP) is 3.50. The lowest BCUT2D eigenvalue weighted by Gasteiger charge is -2.31. The summed E-state index contributed by atoms with van der Waals surface area (Å²) in [4.78, 5) is -0.421. The molecule has 0 aliphatic heterocycles. The number of benzene rings is 1. The van der Waals surface area contributed by atoms with Gasteiger partial charge in [-0.25, -0.2) is 8.42 Å². The Kier molecular flexibility index (Phi) is 4.79. The van der Waals surface area contributed by atoms with E-state index in [1.807, 2.05) is 0 Å². The zero-order valence-electron chi connectivity index (χ0n) is 10.8. The summed E-state index contributed by atoms with van der Waals surface area (Å²) in [6.45, 7) is 5.26. The van der Waals surface area contributed by atoms with Crippen LogP contribution in [0, 0.1) is 0 Å².